The molecule has 1 heterocycles. The van der Waals surface area contributed by atoms with Crippen LogP contribution in [0.3, 0.4) is 0 Å². The Kier molecular flexibility index (Phi) is 6.52. The first-order valence-corrected chi connectivity index (χ1v) is 7.03. The molecule has 3 unspecified atom stereocenters. The first-order valence-electron chi connectivity index (χ1n) is 7.03. The number of ether oxygens (including phenoxy) is 1. The van der Waals surface area contributed by atoms with Gasteiger partial charge in [-0.15, -0.1) is 24.0 Å². The number of halogens is 1. The molecular weight excluding hydrogens is 381 g/mol. The van der Waals surface area contributed by atoms with E-state index in [9.17, 15) is 0 Å². The summed E-state index contributed by atoms with van der Waals surface area (Å²) < 4.78 is 10.9. The van der Waals surface area contributed by atoms with Crippen LogP contribution >= 0.6 is 24.0 Å². The van der Waals surface area contributed by atoms with Crippen LogP contribution in [0, 0.1) is 11.3 Å². The van der Waals surface area contributed by atoms with Gasteiger partial charge in [-0.05, 0) is 12.1 Å². The molecule has 6 heteroatoms. The van der Waals surface area contributed by atoms with E-state index < -0.39 is 0 Å². The zero-order valence-corrected chi connectivity index (χ0v) is 15.7. The molecule has 120 valence electrons. The van der Waals surface area contributed by atoms with Gasteiger partial charge in [0, 0.05) is 31.5 Å². The summed E-state index contributed by atoms with van der Waals surface area (Å²) in [4.78, 5) is 4.27. The molecule has 1 aliphatic carbocycles. The molecule has 0 bridgehead atoms. The van der Waals surface area contributed by atoms with E-state index in [2.05, 4.69) is 36.4 Å². The van der Waals surface area contributed by atoms with Crippen LogP contribution in [0.5, 0.6) is 0 Å². The summed E-state index contributed by atoms with van der Waals surface area (Å²) in [5.74, 6) is 2.14. The number of hydrogen-bond acceptors (Lipinski definition) is 3. The van der Waals surface area contributed by atoms with Crippen LogP contribution in [0.4, 0.5) is 0 Å². The van der Waals surface area contributed by atoms with E-state index in [0.29, 0.717) is 18.5 Å². The number of hydrogen-bond donors (Lipinski definition) is 2. The number of nitrogens with one attached hydrogen (secondary N) is 2. The summed E-state index contributed by atoms with van der Waals surface area (Å²) >= 11 is 0. The average molecular weight is 407 g/mol. The molecule has 21 heavy (non-hydrogen) atoms. The van der Waals surface area contributed by atoms with Gasteiger partial charge in [0.05, 0.1) is 18.9 Å². The van der Waals surface area contributed by atoms with Crippen LogP contribution in [0.25, 0.3) is 0 Å². The van der Waals surface area contributed by atoms with E-state index in [1.807, 2.05) is 12.1 Å². The maximum absolute atomic E-state index is 5.56. The van der Waals surface area contributed by atoms with Crippen LogP contribution in [-0.2, 0) is 11.3 Å². The standard InChI is InChI=1S/C15H25N3O2.HI/c1-10-12(15(2,3)13(10)19-5)18-14(16-4)17-9-11-7-6-8-20-11;/h6-8,10,12-13H,9H2,1-5H3,(H2,16,17,18);1H. The number of rotatable bonds is 4. The van der Waals surface area contributed by atoms with Crippen molar-refractivity contribution < 1.29 is 9.15 Å². The van der Waals surface area contributed by atoms with Gasteiger partial charge in [-0.25, -0.2) is 0 Å². The molecule has 0 amide bonds. The Balaban J connectivity index is 0.00000220. The number of nitrogens with zero attached hydrogens (tertiary/aromatic N) is 1. The van der Waals surface area contributed by atoms with Crippen molar-refractivity contribution in [3.63, 3.8) is 0 Å². The zero-order valence-electron chi connectivity index (χ0n) is 13.3. The molecule has 0 saturated heterocycles. The summed E-state index contributed by atoms with van der Waals surface area (Å²) in [6.07, 6.45) is 1.95. The Hall–Kier alpha value is -0.760. The van der Waals surface area contributed by atoms with Gasteiger partial charge in [0.2, 0.25) is 0 Å². The second-order valence-corrected chi connectivity index (χ2v) is 5.96. The van der Waals surface area contributed by atoms with Crippen molar-refractivity contribution in [3.05, 3.63) is 24.2 Å². The summed E-state index contributed by atoms with van der Waals surface area (Å²) in [5, 5.41) is 6.75. The predicted molar refractivity (Wildman–Crippen MR) is 95.0 cm³/mol. The molecule has 1 fully saturated rings. The van der Waals surface area contributed by atoms with Crippen molar-refractivity contribution in [2.75, 3.05) is 14.2 Å². The number of guanidine groups is 1. The number of furan rings is 1. The second kappa shape index (κ2) is 7.49. The highest BCUT2D eigenvalue weighted by Gasteiger charge is 2.54. The Morgan fingerprint density at radius 2 is 2.19 bits per heavy atom. The van der Waals surface area contributed by atoms with Crippen molar-refractivity contribution in [3.8, 4) is 0 Å². The largest absolute Gasteiger partial charge is 0.467 e. The minimum atomic E-state index is 0. The van der Waals surface area contributed by atoms with E-state index in [1.165, 1.54) is 0 Å². The Labute approximate surface area is 143 Å². The fourth-order valence-corrected chi connectivity index (χ4v) is 3.35. The number of methoxy groups -OCH3 is 1. The minimum absolute atomic E-state index is 0. The van der Waals surface area contributed by atoms with Crippen LogP contribution in [-0.4, -0.2) is 32.3 Å². The molecule has 2 rings (SSSR count). The van der Waals surface area contributed by atoms with Crippen LogP contribution in [0.15, 0.2) is 27.8 Å². The average Bonchev–Trinajstić information content (AvgIpc) is 2.92. The van der Waals surface area contributed by atoms with Gasteiger partial charge in [0.1, 0.15) is 5.76 Å². The van der Waals surface area contributed by atoms with Crippen molar-refractivity contribution in [1.29, 1.82) is 0 Å². The number of aliphatic imine (C=N–C) groups is 1. The van der Waals surface area contributed by atoms with E-state index in [4.69, 9.17) is 9.15 Å². The monoisotopic (exact) mass is 407 g/mol. The summed E-state index contributed by atoms with van der Waals surface area (Å²) in [5.41, 5.74) is 0.0937. The molecule has 1 aromatic rings. The van der Waals surface area contributed by atoms with Crippen LogP contribution < -0.4 is 10.6 Å². The van der Waals surface area contributed by atoms with Crippen molar-refractivity contribution in [2.45, 2.75) is 39.5 Å². The van der Waals surface area contributed by atoms with Gasteiger partial charge in [0.15, 0.2) is 5.96 Å². The van der Waals surface area contributed by atoms with Gasteiger partial charge >= 0.3 is 0 Å². The van der Waals surface area contributed by atoms with E-state index in [0.717, 1.165) is 11.7 Å². The van der Waals surface area contributed by atoms with Gasteiger partial charge in [-0.2, -0.15) is 0 Å². The Morgan fingerprint density at radius 3 is 2.67 bits per heavy atom. The highest BCUT2D eigenvalue weighted by atomic mass is 127. The van der Waals surface area contributed by atoms with Gasteiger partial charge < -0.3 is 19.8 Å². The third-order valence-corrected chi connectivity index (χ3v) is 4.32. The third kappa shape index (κ3) is 3.71. The second-order valence-electron chi connectivity index (χ2n) is 5.96. The SMILES string of the molecule is CN=C(NCc1ccco1)NC1C(C)C(OC)C1(C)C.I. The molecular formula is C15H26IN3O2. The van der Waals surface area contributed by atoms with Crippen LogP contribution in [0.2, 0.25) is 0 Å². The topological polar surface area (TPSA) is 58.8 Å². The zero-order chi connectivity index (χ0) is 14.8. The van der Waals surface area contributed by atoms with Crippen LogP contribution in [0.1, 0.15) is 26.5 Å². The molecule has 0 spiro atoms. The van der Waals surface area contributed by atoms with Crippen molar-refractivity contribution >= 4 is 29.9 Å². The molecule has 2 N–H and O–H groups in total. The lowest BCUT2D eigenvalue weighted by Gasteiger charge is -2.56. The maximum atomic E-state index is 5.56. The fraction of sp³-hybridized carbons (Fsp3) is 0.667. The van der Waals surface area contributed by atoms with E-state index in [1.54, 1.807) is 20.4 Å². The first kappa shape index (κ1) is 18.3. The Bertz CT molecular complexity index is 459. The van der Waals surface area contributed by atoms with Crippen molar-refractivity contribution in [2.24, 2.45) is 16.3 Å². The van der Waals surface area contributed by atoms with Gasteiger partial charge in [0.25, 0.3) is 0 Å². The van der Waals surface area contributed by atoms with E-state index >= 15 is 0 Å². The lowest BCUT2D eigenvalue weighted by molar-refractivity contribution is -0.139. The van der Waals surface area contributed by atoms with E-state index in [-0.39, 0.29) is 35.5 Å². The molecule has 0 radical (unpaired) electrons. The summed E-state index contributed by atoms with van der Waals surface area (Å²) in [7, 11) is 3.56. The van der Waals surface area contributed by atoms with Gasteiger partial charge in [-0.3, -0.25) is 4.99 Å². The molecule has 0 aromatic carbocycles. The maximum Gasteiger partial charge on any atom is 0.191 e. The molecule has 5 nitrogen and oxygen atoms in total. The molecule has 0 aliphatic heterocycles. The Morgan fingerprint density at radius 1 is 1.48 bits per heavy atom. The lowest BCUT2D eigenvalue weighted by atomic mass is 9.58. The fourth-order valence-electron chi connectivity index (χ4n) is 3.35. The smallest absolute Gasteiger partial charge is 0.191 e. The van der Waals surface area contributed by atoms with Gasteiger partial charge in [-0.1, -0.05) is 20.8 Å². The summed E-state index contributed by atoms with van der Waals surface area (Å²) in [6.45, 7) is 7.27. The highest BCUT2D eigenvalue weighted by molar-refractivity contribution is 14.0. The molecule has 1 aliphatic rings. The minimum Gasteiger partial charge on any atom is -0.467 e. The normalized spacial score (nSPS) is 27.5. The molecule has 3 atom stereocenters. The quantitative estimate of drug-likeness (QED) is 0.458. The molecule has 1 saturated carbocycles. The predicted octanol–water partition coefficient (Wildman–Crippen LogP) is 2.62. The highest BCUT2D eigenvalue weighted by Crippen LogP contribution is 2.46. The van der Waals surface area contributed by atoms with Crippen molar-refractivity contribution in [1.82, 2.24) is 10.6 Å². The summed E-state index contributed by atoms with van der Waals surface area (Å²) in [6, 6.07) is 4.17. The molecule has 1 aromatic heterocycles. The third-order valence-electron chi connectivity index (χ3n) is 4.32. The first-order chi connectivity index (χ1) is 9.50. The lowest BCUT2D eigenvalue weighted by Crippen LogP contribution is -2.68.